The van der Waals surface area contributed by atoms with Crippen LogP contribution in [0, 0.1) is 0 Å². The van der Waals surface area contributed by atoms with Crippen molar-refractivity contribution < 1.29 is 13.2 Å². The van der Waals surface area contributed by atoms with Gasteiger partial charge in [0, 0.05) is 12.6 Å². The van der Waals surface area contributed by atoms with E-state index in [1.165, 1.54) is 0 Å². The number of nitrogens with two attached hydrogens (primary N) is 1. The summed E-state index contributed by atoms with van der Waals surface area (Å²) < 4.78 is 28.1. The van der Waals surface area contributed by atoms with Gasteiger partial charge in [0.25, 0.3) is 0 Å². The van der Waals surface area contributed by atoms with E-state index in [1.54, 1.807) is 0 Å². The second-order valence-corrected chi connectivity index (χ2v) is 6.19. The van der Waals surface area contributed by atoms with Crippen LogP contribution in [0.1, 0.15) is 33.1 Å². The van der Waals surface area contributed by atoms with Crippen molar-refractivity contribution in [3.8, 4) is 0 Å². The van der Waals surface area contributed by atoms with E-state index >= 15 is 0 Å². The normalized spacial score (nSPS) is 14.1. The minimum atomic E-state index is -2.97. The summed E-state index contributed by atoms with van der Waals surface area (Å²) in [5, 5.41) is 0. The molecule has 0 aromatic carbocycles. The quantitative estimate of drug-likeness (QED) is 0.606. The minimum absolute atomic E-state index is 0.0548. The van der Waals surface area contributed by atoms with Crippen molar-refractivity contribution in [1.29, 1.82) is 0 Å². The Bertz CT molecular complexity index is 237. The van der Waals surface area contributed by atoms with Gasteiger partial charge >= 0.3 is 0 Å². The van der Waals surface area contributed by atoms with Crippen LogP contribution in [0.25, 0.3) is 0 Å². The largest absolute Gasteiger partial charge is 0.380 e. The molecule has 0 aliphatic heterocycles. The molecule has 0 spiro atoms. The lowest BCUT2D eigenvalue weighted by molar-refractivity contribution is 0.146. The summed E-state index contributed by atoms with van der Waals surface area (Å²) in [5.74, 6) is 0.283. The fourth-order valence-corrected chi connectivity index (χ4v) is 2.31. The molecule has 0 saturated heterocycles. The topological polar surface area (TPSA) is 69.4 Å². The molecule has 0 aliphatic carbocycles. The molecule has 1 atom stereocenters. The van der Waals surface area contributed by atoms with Crippen molar-refractivity contribution >= 4 is 9.84 Å². The van der Waals surface area contributed by atoms with Gasteiger partial charge in [-0.05, 0) is 19.8 Å². The summed E-state index contributed by atoms with van der Waals surface area (Å²) in [7, 11) is -2.97. The van der Waals surface area contributed by atoms with Gasteiger partial charge in [-0.1, -0.05) is 13.3 Å². The SMILES string of the molecule is CCCCOCCS(=O)(=O)CCC(C)N. The van der Waals surface area contributed by atoms with Crippen LogP contribution in [-0.4, -0.2) is 39.2 Å². The molecule has 0 saturated carbocycles. The van der Waals surface area contributed by atoms with Gasteiger partial charge in [-0.2, -0.15) is 0 Å². The van der Waals surface area contributed by atoms with Gasteiger partial charge in [-0.25, -0.2) is 8.42 Å². The van der Waals surface area contributed by atoms with Gasteiger partial charge in [-0.15, -0.1) is 0 Å². The Kier molecular flexibility index (Phi) is 8.00. The first-order valence-corrected chi connectivity index (χ1v) is 7.34. The monoisotopic (exact) mass is 237 g/mol. The zero-order valence-electron chi connectivity index (χ0n) is 9.74. The molecule has 0 aliphatic rings. The van der Waals surface area contributed by atoms with E-state index in [0.717, 1.165) is 12.8 Å². The smallest absolute Gasteiger partial charge is 0.152 e. The summed E-state index contributed by atoms with van der Waals surface area (Å²) in [6, 6.07) is -0.0548. The first kappa shape index (κ1) is 14.9. The van der Waals surface area contributed by atoms with Crippen molar-refractivity contribution in [3.05, 3.63) is 0 Å². The van der Waals surface area contributed by atoms with E-state index in [1.807, 2.05) is 6.92 Å². The van der Waals surface area contributed by atoms with Gasteiger partial charge < -0.3 is 10.5 Å². The van der Waals surface area contributed by atoms with Crippen LogP contribution in [0.15, 0.2) is 0 Å². The Morgan fingerprint density at radius 3 is 2.47 bits per heavy atom. The van der Waals surface area contributed by atoms with Crippen LogP contribution in [0.2, 0.25) is 0 Å². The maximum absolute atomic E-state index is 11.4. The highest BCUT2D eigenvalue weighted by Crippen LogP contribution is 1.97. The third kappa shape index (κ3) is 10.2. The van der Waals surface area contributed by atoms with Crippen molar-refractivity contribution in [2.45, 2.75) is 39.2 Å². The first-order chi connectivity index (χ1) is 6.98. The molecule has 1 unspecified atom stereocenters. The molecular formula is C10H23NO3S. The van der Waals surface area contributed by atoms with Crippen LogP contribution in [0.5, 0.6) is 0 Å². The fourth-order valence-electron chi connectivity index (χ4n) is 1.00. The van der Waals surface area contributed by atoms with Gasteiger partial charge in [0.15, 0.2) is 9.84 Å². The van der Waals surface area contributed by atoms with Crippen molar-refractivity contribution in [1.82, 2.24) is 0 Å². The first-order valence-electron chi connectivity index (χ1n) is 5.51. The Balaban J connectivity index is 3.56. The highest BCUT2D eigenvalue weighted by atomic mass is 32.2. The van der Waals surface area contributed by atoms with E-state index in [2.05, 4.69) is 6.92 Å². The Hall–Kier alpha value is -0.130. The van der Waals surface area contributed by atoms with Crippen molar-refractivity contribution in [2.75, 3.05) is 24.7 Å². The molecule has 0 aromatic heterocycles. The molecule has 0 aromatic rings. The van der Waals surface area contributed by atoms with Crippen molar-refractivity contribution in [3.63, 3.8) is 0 Å². The number of ether oxygens (including phenoxy) is 1. The van der Waals surface area contributed by atoms with E-state index in [0.29, 0.717) is 19.6 Å². The molecule has 0 heterocycles. The van der Waals surface area contributed by atoms with E-state index < -0.39 is 9.84 Å². The van der Waals surface area contributed by atoms with Crippen LogP contribution in [-0.2, 0) is 14.6 Å². The molecular weight excluding hydrogens is 214 g/mol. The zero-order chi connectivity index (χ0) is 11.7. The summed E-state index contributed by atoms with van der Waals surface area (Å²) in [6.07, 6.45) is 2.58. The van der Waals surface area contributed by atoms with E-state index in [4.69, 9.17) is 10.5 Å². The molecule has 4 nitrogen and oxygen atoms in total. The number of hydrogen-bond donors (Lipinski definition) is 1. The number of hydrogen-bond acceptors (Lipinski definition) is 4. The molecule has 0 radical (unpaired) electrons. The second-order valence-electron chi connectivity index (χ2n) is 3.88. The molecule has 0 amide bonds. The fraction of sp³-hybridized carbons (Fsp3) is 1.00. The lowest BCUT2D eigenvalue weighted by atomic mass is 10.3. The standard InChI is InChI=1S/C10H23NO3S/c1-3-4-6-14-7-9-15(12,13)8-5-10(2)11/h10H,3-9,11H2,1-2H3. The number of sulfone groups is 1. The zero-order valence-corrected chi connectivity index (χ0v) is 10.6. The Labute approximate surface area is 93.1 Å². The highest BCUT2D eigenvalue weighted by molar-refractivity contribution is 7.91. The summed E-state index contributed by atoms with van der Waals surface area (Å²) in [5.41, 5.74) is 5.50. The third-order valence-corrected chi connectivity index (χ3v) is 3.71. The maximum Gasteiger partial charge on any atom is 0.152 e. The third-order valence-electron chi connectivity index (χ3n) is 2.07. The van der Waals surface area contributed by atoms with E-state index in [-0.39, 0.29) is 17.5 Å². The highest BCUT2D eigenvalue weighted by Gasteiger charge is 2.11. The van der Waals surface area contributed by atoms with Gasteiger partial charge in [0.05, 0.1) is 18.1 Å². The van der Waals surface area contributed by atoms with Crippen LogP contribution in [0.3, 0.4) is 0 Å². The predicted octanol–water partition coefficient (Wildman–Crippen LogP) is 0.955. The molecule has 2 N–H and O–H groups in total. The van der Waals surface area contributed by atoms with Crippen LogP contribution in [0.4, 0.5) is 0 Å². The van der Waals surface area contributed by atoms with Crippen LogP contribution >= 0.6 is 0 Å². The second kappa shape index (κ2) is 8.07. The average Bonchev–Trinajstić information content (AvgIpc) is 2.15. The van der Waals surface area contributed by atoms with E-state index in [9.17, 15) is 8.42 Å². The molecule has 0 bridgehead atoms. The molecule has 92 valence electrons. The number of unbranched alkanes of at least 4 members (excludes halogenated alkanes) is 1. The van der Waals surface area contributed by atoms with Gasteiger partial charge in [0.1, 0.15) is 0 Å². The van der Waals surface area contributed by atoms with Crippen LogP contribution < -0.4 is 5.73 Å². The summed E-state index contributed by atoms with van der Waals surface area (Å²) >= 11 is 0. The van der Waals surface area contributed by atoms with Crippen molar-refractivity contribution in [2.24, 2.45) is 5.73 Å². The molecule has 0 rings (SSSR count). The lowest BCUT2D eigenvalue weighted by Gasteiger charge is -2.07. The molecule has 15 heavy (non-hydrogen) atoms. The lowest BCUT2D eigenvalue weighted by Crippen LogP contribution is -2.23. The summed E-state index contributed by atoms with van der Waals surface area (Å²) in [4.78, 5) is 0. The minimum Gasteiger partial charge on any atom is -0.380 e. The Morgan fingerprint density at radius 2 is 1.93 bits per heavy atom. The van der Waals surface area contributed by atoms with Gasteiger partial charge in [-0.3, -0.25) is 0 Å². The predicted molar refractivity (Wildman–Crippen MR) is 62.6 cm³/mol. The number of rotatable bonds is 9. The molecule has 0 fully saturated rings. The molecule has 5 heteroatoms. The average molecular weight is 237 g/mol. The maximum atomic E-state index is 11.4. The van der Waals surface area contributed by atoms with Gasteiger partial charge in [0.2, 0.25) is 0 Å². The Morgan fingerprint density at radius 1 is 1.27 bits per heavy atom. The summed E-state index contributed by atoms with van der Waals surface area (Å²) in [6.45, 7) is 4.84.